The summed E-state index contributed by atoms with van der Waals surface area (Å²) in [5.41, 5.74) is 6.47. The van der Waals surface area contributed by atoms with Gasteiger partial charge in [-0.05, 0) is 49.2 Å². The van der Waals surface area contributed by atoms with Gasteiger partial charge in [0.05, 0.1) is 13.8 Å². The summed E-state index contributed by atoms with van der Waals surface area (Å²) >= 11 is 0. The SMILES string of the molecule is CCCc1cc(-c2cc(C)cc(C)c2)ncc1[Si](C)(C)C. The molecular weight excluding hydrogens is 270 g/mol. The van der Waals surface area contributed by atoms with Gasteiger partial charge < -0.3 is 0 Å². The molecule has 1 heterocycles. The maximum atomic E-state index is 4.78. The summed E-state index contributed by atoms with van der Waals surface area (Å²) in [7, 11) is -1.32. The van der Waals surface area contributed by atoms with E-state index in [2.05, 4.69) is 70.9 Å². The Bertz CT molecular complexity index is 618. The second-order valence-corrected chi connectivity index (χ2v) is 12.1. The third kappa shape index (κ3) is 3.82. The van der Waals surface area contributed by atoms with Crippen LogP contribution >= 0.6 is 0 Å². The first-order valence-electron chi connectivity index (χ1n) is 7.89. The van der Waals surface area contributed by atoms with Crippen LogP contribution in [0.1, 0.15) is 30.0 Å². The number of hydrogen-bond acceptors (Lipinski definition) is 1. The van der Waals surface area contributed by atoms with Crippen LogP contribution in [0.2, 0.25) is 19.6 Å². The van der Waals surface area contributed by atoms with E-state index >= 15 is 0 Å². The van der Waals surface area contributed by atoms with Crippen molar-refractivity contribution in [2.45, 2.75) is 53.3 Å². The van der Waals surface area contributed by atoms with Gasteiger partial charge in [0.15, 0.2) is 0 Å². The first-order chi connectivity index (χ1) is 9.81. The highest BCUT2D eigenvalue weighted by Gasteiger charge is 2.21. The first kappa shape index (κ1) is 16.0. The molecule has 0 unspecified atom stereocenters. The van der Waals surface area contributed by atoms with Crippen molar-refractivity contribution in [3.63, 3.8) is 0 Å². The molecule has 0 aliphatic heterocycles. The lowest BCUT2D eigenvalue weighted by Crippen LogP contribution is -2.40. The van der Waals surface area contributed by atoms with Gasteiger partial charge in [0, 0.05) is 11.8 Å². The fraction of sp³-hybridized carbons (Fsp3) is 0.421. The summed E-state index contributed by atoms with van der Waals surface area (Å²) in [5.74, 6) is 0. The molecule has 0 fully saturated rings. The minimum atomic E-state index is -1.32. The second kappa shape index (κ2) is 6.14. The Kier molecular flexibility index (Phi) is 4.67. The van der Waals surface area contributed by atoms with Crippen molar-refractivity contribution in [2.24, 2.45) is 0 Å². The molecule has 0 saturated heterocycles. The van der Waals surface area contributed by atoms with Crippen molar-refractivity contribution in [1.82, 2.24) is 4.98 Å². The van der Waals surface area contributed by atoms with Crippen LogP contribution in [0.5, 0.6) is 0 Å². The molecule has 0 atom stereocenters. The predicted octanol–water partition coefficient (Wildman–Crippen LogP) is 4.86. The summed E-state index contributed by atoms with van der Waals surface area (Å²) in [6, 6.07) is 9.01. The molecule has 0 radical (unpaired) electrons. The maximum absolute atomic E-state index is 4.78. The summed E-state index contributed by atoms with van der Waals surface area (Å²) in [4.78, 5) is 4.78. The number of rotatable bonds is 4. The molecular formula is C19H27NSi. The van der Waals surface area contributed by atoms with Crippen molar-refractivity contribution in [3.05, 3.63) is 47.2 Å². The summed E-state index contributed by atoms with van der Waals surface area (Å²) in [6.07, 6.45) is 4.48. The number of aryl methyl sites for hydroxylation is 3. The quantitative estimate of drug-likeness (QED) is 0.734. The fourth-order valence-electron chi connectivity index (χ4n) is 2.93. The summed E-state index contributed by atoms with van der Waals surface area (Å²) in [6.45, 7) is 13.8. The molecule has 0 amide bonds. The molecule has 0 bridgehead atoms. The van der Waals surface area contributed by atoms with E-state index in [-0.39, 0.29) is 0 Å². The lowest BCUT2D eigenvalue weighted by Gasteiger charge is -2.21. The van der Waals surface area contributed by atoms with Gasteiger partial charge in [0.25, 0.3) is 0 Å². The zero-order valence-corrected chi connectivity index (χ0v) is 15.2. The molecule has 112 valence electrons. The average molecular weight is 298 g/mol. The number of pyridine rings is 1. The Balaban J connectivity index is 2.53. The molecule has 0 aliphatic carbocycles. The molecule has 0 aliphatic rings. The minimum absolute atomic E-state index is 1.12. The van der Waals surface area contributed by atoms with Crippen molar-refractivity contribution in [3.8, 4) is 11.3 Å². The van der Waals surface area contributed by atoms with Crippen LogP contribution in [-0.2, 0) is 6.42 Å². The van der Waals surface area contributed by atoms with Crippen LogP contribution in [0.3, 0.4) is 0 Å². The van der Waals surface area contributed by atoms with Crippen molar-refractivity contribution < 1.29 is 0 Å². The molecule has 2 aromatic rings. The van der Waals surface area contributed by atoms with Crippen LogP contribution in [0, 0.1) is 13.8 Å². The van der Waals surface area contributed by atoms with Gasteiger partial charge in [-0.2, -0.15) is 0 Å². The first-order valence-corrected chi connectivity index (χ1v) is 11.4. The Morgan fingerprint density at radius 1 is 0.952 bits per heavy atom. The van der Waals surface area contributed by atoms with E-state index in [4.69, 9.17) is 4.98 Å². The van der Waals surface area contributed by atoms with E-state index in [1.54, 1.807) is 0 Å². The van der Waals surface area contributed by atoms with Gasteiger partial charge in [-0.3, -0.25) is 4.98 Å². The predicted molar refractivity (Wildman–Crippen MR) is 96.1 cm³/mol. The second-order valence-electron chi connectivity index (χ2n) is 7.10. The Labute approximate surface area is 130 Å². The molecule has 0 N–H and O–H groups in total. The van der Waals surface area contributed by atoms with Gasteiger partial charge >= 0.3 is 0 Å². The molecule has 1 aromatic heterocycles. The average Bonchev–Trinajstić information content (AvgIpc) is 2.36. The van der Waals surface area contributed by atoms with E-state index < -0.39 is 8.07 Å². The number of benzene rings is 1. The number of nitrogens with zero attached hydrogens (tertiary/aromatic N) is 1. The number of aromatic nitrogens is 1. The standard InChI is InChI=1S/C19H27NSi/c1-7-8-16-12-18(20-13-19(16)21(4,5)6)17-10-14(2)9-15(3)11-17/h9-13H,7-8H2,1-6H3. The van der Waals surface area contributed by atoms with Crippen LogP contribution in [0.4, 0.5) is 0 Å². The highest BCUT2D eigenvalue weighted by atomic mass is 28.3. The molecule has 2 heteroatoms. The third-order valence-electron chi connectivity index (χ3n) is 3.83. The van der Waals surface area contributed by atoms with E-state index in [0.717, 1.165) is 12.1 Å². The summed E-state index contributed by atoms with van der Waals surface area (Å²) in [5, 5.41) is 1.51. The zero-order valence-electron chi connectivity index (χ0n) is 14.2. The minimum Gasteiger partial charge on any atom is -0.256 e. The molecule has 1 aromatic carbocycles. The van der Waals surface area contributed by atoms with E-state index in [0.29, 0.717) is 0 Å². The molecule has 0 spiro atoms. The van der Waals surface area contributed by atoms with Crippen molar-refractivity contribution in [1.29, 1.82) is 0 Å². The van der Waals surface area contributed by atoms with E-state index in [9.17, 15) is 0 Å². The maximum Gasteiger partial charge on any atom is 0.0799 e. The molecule has 0 saturated carbocycles. The molecule has 2 rings (SSSR count). The van der Waals surface area contributed by atoms with Gasteiger partial charge in [0.2, 0.25) is 0 Å². The van der Waals surface area contributed by atoms with Gasteiger partial charge in [-0.1, -0.05) is 50.2 Å². The Morgan fingerprint density at radius 2 is 1.57 bits per heavy atom. The molecule has 21 heavy (non-hydrogen) atoms. The van der Waals surface area contributed by atoms with Gasteiger partial charge in [0.1, 0.15) is 0 Å². The monoisotopic (exact) mass is 297 g/mol. The van der Waals surface area contributed by atoms with Gasteiger partial charge in [-0.25, -0.2) is 0 Å². The smallest absolute Gasteiger partial charge is 0.0799 e. The van der Waals surface area contributed by atoms with Crippen LogP contribution < -0.4 is 5.19 Å². The van der Waals surface area contributed by atoms with E-state index in [1.165, 1.54) is 33.9 Å². The number of hydrogen-bond donors (Lipinski definition) is 0. The lowest BCUT2D eigenvalue weighted by molar-refractivity contribution is 0.924. The Morgan fingerprint density at radius 3 is 2.10 bits per heavy atom. The lowest BCUT2D eigenvalue weighted by atomic mass is 10.0. The summed E-state index contributed by atoms with van der Waals surface area (Å²) < 4.78 is 0. The van der Waals surface area contributed by atoms with Crippen LogP contribution in [-0.4, -0.2) is 13.1 Å². The van der Waals surface area contributed by atoms with Crippen LogP contribution in [0.15, 0.2) is 30.5 Å². The third-order valence-corrected chi connectivity index (χ3v) is 5.90. The van der Waals surface area contributed by atoms with E-state index in [1.807, 2.05) is 0 Å². The molecule has 1 nitrogen and oxygen atoms in total. The van der Waals surface area contributed by atoms with Gasteiger partial charge in [-0.15, -0.1) is 0 Å². The Hall–Kier alpha value is -1.41. The van der Waals surface area contributed by atoms with Crippen LogP contribution in [0.25, 0.3) is 11.3 Å². The highest BCUT2D eigenvalue weighted by molar-refractivity contribution is 6.89. The normalized spacial score (nSPS) is 11.7. The largest absolute Gasteiger partial charge is 0.256 e. The van der Waals surface area contributed by atoms with Crippen molar-refractivity contribution in [2.75, 3.05) is 0 Å². The highest BCUT2D eigenvalue weighted by Crippen LogP contribution is 2.22. The topological polar surface area (TPSA) is 12.9 Å². The fourth-order valence-corrected chi connectivity index (χ4v) is 4.54. The zero-order chi connectivity index (χ0) is 15.6. The van der Waals surface area contributed by atoms with Crippen molar-refractivity contribution >= 4 is 13.3 Å².